The van der Waals surface area contributed by atoms with Gasteiger partial charge in [0.2, 0.25) is 0 Å². The van der Waals surface area contributed by atoms with Gasteiger partial charge in [-0.05, 0) is 24.3 Å². The molecule has 0 atom stereocenters. The number of rotatable bonds is 3. The van der Waals surface area contributed by atoms with Gasteiger partial charge in [0.05, 0.1) is 18.5 Å². The molecule has 0 bridgehead atoms. The summed E-state index contributed by atoms with van der Waals surface area (Å²) in [6.07, 6.45) is 3.31. The van der Waals surface area contributed by atoms with Gasteiger partial charge in [0.1, 0.15) is 5.75 Å². The van der Waals surface area contributed by atoms with Crippen molar-refractivity contribution in [2.75, 3.05) is 7.11 Å². The minimum Gasteiger partial charge on any atom is -0.497 e. The number of methoxy groups -OCH3 is 1. The predicted molar refractivity (Wildman–Crippen MR) is 61.9 cm³/mol. The third-order valence-electron chi connectivity index (χ3n) is 2.33. The molecule has 2 N–H and O–H groups in total. The van der Waals surface area contributed by atoms with Crippen molar-refractivity contribution in [2.45, 2.75) is 6.54 Å². The van der Waals surface area contributed by atoms with E-state index in [1.165, 1.54) is 0 Å². The molecule has 1 aromatic heterocycles. The van der Waals surface area contributed by atoms with Crippen LogP contribution in [-0.4, -0.2) is 17.1 Å². The van der Waals surface area contributed by atoms with E-state index in [9.17, 15) is 0 Å². The number of hydrogen-bond acceptors (Lipinski definition) is 4. The van der Waals surface area contributed by atoms with Crippen molar-refractivity contribution in [1.82, 2.24) is 9.97 Å². The lowest BCUT2D eigenvalue weighted by Gasteiger charge is -2.06. The maximum absolute atomic E-state index is 5.62. The van der Waals surface area contributed by atoms with Crippen LogP contribution >= 0.6 is 0 Å². The SMILES string of the molecule is COc1ccc(-c2nccnc2CN)cc1. The average molecular weight is 215 g/mol. The van der Waals surface area contributed by atoms with Gasteiger partial charge in [0.25, 0.3) is 0 Å². The number of hydrogen-bond donors (Lipinski definition) is 1. The molecule has 0 spiro atoms. The van der Waals surface area contributed by atoms with Gasteiger partial charge in [-0.15, -0.1) is 0 Å². The van der Waals surface area contributed by atoms with Gasteiger partial charge in [-0.1, -0.05) is 0 Å². The topological polar surface area (TPSA) is 61.0 Å². The smallest absolute Gasteiger partial charge is 0.118 e. The summed E-state index contributed by atoms with van der Waals surface area (Å²) in [5, 5.41) is 0. The van der Waals surface area contributed by atoms with Gasteiger partial charge in [0, 0.05) is 24.5 Å². The van der Waals surface area contributed by atoms with Crippen LogP contribution in [0.15, 0.2) is 36.7 Å². The van der Waals surface area contributed by atoms with Gasteiger partial charge in [0.15, 0.2) is 0 Å². The molecule has 1 aromatic carbocycles. The van der Waals surface area contributed by atoms with Crippen LogP contribution in [0.2, 0.25) is 0 Å². The van der Waals surface area contributed by atoms with Crippen LogP contribution in [0.5, 0.6) is 5.75 Å². The molecule has 0 amide bonds. The lowest BCUT2D eigenvalue weighted by atomic mass is 10.1. The van der Waals surface area contributed by atoms with Crippen LogP contribution in [-0.2, 0) is 6.54 Å². The van der Waals surface area contributed by atoms with E-state index < -0.39 is 0 Å². The van der Waals surface area contributed by atoms with E-state index in [1.807, 2.05) is 24.3 Å². The molecule has 0 aliphatic rings. The first-order valence-corrected chi connectivity index (χ1v) is 4.99. The van der Waals surface area contributed by atoms with Gasteiger partial charge in [-0.25, -0.2) is 0 Å². The molecule has 0 saturated carbocycles. The van der Waals surface area contributed by atoms with Crippen LogP contribution in [0.25, 0.3) is 11.3 Å². The van der Waals surface area contributed by atoms with Crippen LogP contribution in [0.1, 0.15) is 5.69 Å². The normalized spacial score (nSPS) is 10.1. The number of aromatic nitrogens is 2. The van der Waals surface area contributed by atoms with E-state index in [1.54, 1.807) is 19.5 Å². The van der Waals surface area contributed by atoms with E-state index in [0.717, 1.165) is 22.7 Å². The van der Waals surface area contributed by atoms with Crippen LogP contribution in [0.4, 0.5) is 0 Å². The second-order valence-corrected chi connectivity index (χ2v) is 3.28. The Kier molecular flexibility index (Phi) is 3.12. The van der Waals surface area contributed by atoms with Gasteiger partial charge in [-0.2, -0.15) is 0 Å². The van der Waals surface area contributed by atoms with Crippen molar-refractivity contribution in [3.63, 3.8) is 0 Å². The quantitative estimate of drug-likeness (QED) is 0.845. The van der Waals surface area contributed by atoms with Crippen molar-refractivity contribution in [3.05, 3.63) is 42.4 Å². The second-order valence-electron chi connectivity index (χ2n) is 3.28. The number of benzene rings is 1. The highest BCUT2D eigenvalue weighted by molar-refractivity contribution is 5.62. The maximum atomic E-state index is 5.62. The minimum absolute atomic E-state index is 0.384. The molecular weight excluding hydrogens is 202 g/mol. The zero-order valence-corrected chi connectivity index (χ0v) is 9.05. The lowest BCUT2D eigenvalue weighted by molar-refractivity contribution is 0.415. The molecule has 4 heteroatoms. The fourth-order valence-electron chi connectivity index (χ4n) is 1.51. The molecule has 16 heavy (non-hydrogen) atoms. The van der Waals surface area contributed by atoms with E-state index in [0.29, 0.717) is 6.54 Å². The van der Waals surface area contributed by atoms with Crippen molar-refractivity contribution >= 4 is 0 Å². The summed E-state index contributed by atoms with van der Waals surface area (Å²) in [5.74, 6) is 0.821. The van der Waals surface area contributed by atoms with Gasteiger partial charge < -0.3 is 10.5 Å². The van der Waals surface area contributed by atoms with Crippen molar-refractivity contribution in [1.29, 1.82) is 0 Å². The maximum Gasteiger partial charge on any atom is 0.118 e. The summed E-state index contributed by atoms with van der Waals surface area (Å²) in [7, 11) is 1.64. The molecule has 82 valence electrons. The van der Waals surface area contributed by atoms with Crippen LogP contribution in [0, 0.1) is 0 Å². The Labute approximate surface area is 94.1 Å². The summed E-state index contributed by atoms with van der Waals surface area (Å²) in [5.41, 5.74) is 8.24. The van der Waals surface area contributed by atoms with Crippen LogP contribution in [0.3, 0.4) is 0 Å². The molecule has 0 unspecified atom stereocenters. The fourth-order valence-corrected chi connectivity index (χ4v) is 1.51. The Morgan fingerprint density at radius 2 is 1.81 bits per heavy atom. The molecule has 4 nitrogen and oxygen atoms in total. The zero-order chi connectivity index (χ0) is 11.4. The summed E-state index contributed by atoms with van der Waals surface area (Å²) in [6, 6.07) is 7.68. The fraction of sp³-hybridized carbons (Fsp3) is 0.167. The monoisotopic (exact) mass is 215 g/mol. The van der Waals surface area contributed by atoms with Crippen LogP contribution < -0.4 is 10.5 Å². The first-order valence-electron chi connectivity index (χ1n) is 4.99. The van der Waals surface area contributed by atoms with Gasteiger partial charge in [-0.3, -0.25) is 9.97 Å². The van der Waals surface area contributed by atoms with Gasteiger partial charge >= 0.3 is 0 Å². The van der Waals surface area contributed by atoms with E-state index >= 15 is 0 Å². The molecule has 2 rings (SSSR count). The standard InChI is InChI=1S/C12H13N3O/c1-16-10-4-2-9(3-5-10)12-11(8-13)14-6-7-15-12/h2-7H,8,13H2,1H3. The zero-order valence-electron chi connectivity index (χ0n) is 9.05. The predicted octanol–water partition coefficient (Wildman–Crippen LogP) is 1.61. The Morgan fingerprint density at radius 1 is 1.12 bits per heavy atom. The van der Waals surface area contributed by atoms with Crippen molar-refractivity contribution in [3.8, 4) is 17.0 Å². The van der Waals surface area contributed by atoms with Crippen molar-refractivity contribution < 1.29 is 4.74 Å². The second kappa shape index (κ2) is 4.72. The Balaban J connectivity index is 2.42. The average Bonchev–Trinajstić information content (AvgIpc) is 2.39. The summed E-state index contributed by atoms with van der Waals surface area (Å²) >= 11 is 0. The number of nitrogens with two attached hydrogens (primary N) is 1. The summed E-state index contributed by atoms with van der Waals surface area (Å²) in [6.45, 7) is 0.384. The summed E-state index contributed by atoms with van der Waals surface area (Å²) < 4.78 is 5.10. The van der Waals surface area contributed by atoms with E-state index in [2.05, 4.69) is 9.97 Å². The molecule has 2 aromatic rings. The number of ether oxygens (including phenoxy) is 1. The molecule has 0 fully saturated rings. The first kappa shape index (κ1) is 10.6. The minimum atomic E-state index is 0.384. The highest BCUT2D eigenvalue weighted by atomic mass is 16.5. The Morgan fingerprint density at radius 3 is 2.44 bits per heavy atom. The molecule has 0 aliphatic carbocycles. The molecule has 1 heterocycles. The van der Waals surface area contributed by atoms with E-state index in [4.69, 9.17) is 10.5 Å². The largest absolute Gasteiger partial charge is 0.497 e. The number of nitrogens with zero attached hydrogens (tertiary/aromatic N) is 2. The van der Waals surface area contributed by atoms with Crippen molar-refractivity contribution in [2.24, 2.45) is 5.73 Å². The molecule has 0 saturated heterocycles. The van der Waals surface area contributed by atoms with E-state index in [-0.39, 0.29) is 0 Å². The Hall–Kier alpha value is -1.94. The summed E-state index contributed by atoms with van der Waals surface area (Å²) in [4.78, 5) is 8.49. The molecule has 0 aliphatic heterocycles. The molecular formula is C12H13N3O. The third kappa shape index (κ3) is 2.01. The molecule has 0 radical (unpaired) electrons. The third-order valence-corrected chi connectivity index (χ3v) is 2.33. The first-order chi connectivity index (χ1) is 7.85. The highest BCUT2D eigenvalue weighted by Gasteiger charge is 2.05. The Bertz CT molecular complexity index is 468. The lowest BCUT2D eigenvalue weighted by Crippen LogP contribution is -2.03. The highest BCUT2D eigenvalue weighted by Crippen LogP contribution is 2.22.